The number of hydrogen-bond donors (Lipinski definition) is 1. The summed E-state index contributed by atoms with van der Waals surface area (Å²) in [4.78, 5) is 18.0. The molecule has 0 radical (unpaired) electrons. The standard InChI is InChI=1S/C15H21N5O3S2/c1-10-17-8-11(24-10)4-6-16-15(21)14-12-9-18-19(2)13(12)5-7-20(14)25(3,22)23/h8-9,14H,4-7H2,1-3H3,(H,16,21). The number of thiazole rings is 1. The predicted molar refractivity (Wildman–Crippen MR) is 94.8 cm³/mol. The summed E-state index contributed by atoms with van der Waals surface area (Å²) in [6, 6.07) is -0.865. The summed E-state index contributed by atoms with van der Waals surface area (Å²) in [5.74, 6) is -0.319. The summed E-state index contributed by atoms with van der Waals surface area (Å²) in [6.07, 6.45) is 5.73. The van der Waals surface area contributed by atoms with Gasteiger partial charge in [0.25, 0.3) is 0 Å². The monoisotopic (exact) mass is 383 g/mol. The number of aromatic nitrogens is 3. The highest BCUT2D eigenvalue weighted by Gasteiger charge is 2.39. The normalized spacial score (nSPS) is 18.1. The summed E-state index contributed by atoms with van der Waals surface area (Å²) in [6.45, 7) is 2.64. The van der Waals surface area contributed by atoms with Crippen LogP contribution in [0.5, 0.6) is 0 Å². The first-order valence-corrected chi connectivity index (χ1v) is 10.6. The number of hydrogen-bond acceptors (Lipinski definition) is 6. The minimum Gasteiger partial charge on any atom is -0.354 e. The van der Waals surface area contributed by atoms with Gasteiger partial charge in [0.1, 0.15) is 6.04 Å². The van der Waals surface area contributed by atoms with Crippen LogP contribution in [0.4, 0.5) is 0 Å². The van der Waals surface area contributed by atoms with Crippen molar-refractivity contribution >= 4 is 27.3 Å². The molecule has 1 atom stereocenters. The molecular formula is C15H21N5O3S2. The molecule has 1 aliphatic heterocycles. The molecule has 0 bridgehead atoms. The molecule has 0 aromatic carbocycles. The molecule has 0 saturated carbocycles. The van der Waals surface area contributed by atoms with Crippen LogP contribution in [0, 0.1) is 6.92 Å². The van der Waals surface area contributed by atoms with Crippen LogP contribution in [0.3, 0.4) is 0 Å². The van der Waals surface area contributed by atoms with Crippen molar-refractivity contribution < 1.29 is 13.2 Å². The summed E-state index contributed by atoms with van der Waals surface area (Å²) >= 11 is 1.59. The third kappa shape index (κ3) is 3.75. The number of amides is 1. The zero-order chi connectivity index (χ0) is 18.2. The van der Waals surface area contributed by atoms with E-state index in [9.17, 15) is 13.2 Å². The highest BCUT2D eigenvalue weighted by Crippen LogP contribution is 2.31. The molecule has 8 nitrogen and oxygen atoms in total. The van der Waals surface area contributed by atoms with Crippen molar-refractivity contribution in [2.24, 2.45) is 7.05 Å². The van der Waals surface area contributed by atoms with Crippen LogP contribution < -0.4 is 5.32 Å². The van der Waals surface area contributed by atoms with Gasteiger partial charge < -0.3 is 5.32 Å². The van der Waals surface area contributed by atoms with Gasteiger partial charge in [-0.05, 0) is 6.92 Å². The van der Waals surface area contributed by atoms with E-state index in [-0.39, 0.29) is 12.5 Å². The van der Waals surface area contributed by atoms with Gasteiger partial charge in [0, 0.05) is 55.3 Å². The van der Waals surface area contributed by atoms with Crippen LogP contribution in [0.15, 0.2) is 12.4 Å². The lowest BCUT2D eigenvalue weighted by Crippen LogP contribution is -2.47. The lowest BCUT2D eigenvalue weighted by atomic mass is 10.0. The summed E-state index contributed by atoms with van der Waals surface area (Å²) in [5, 5.41) is 8.03. The third-order valence-corrected chi connectivity index (χ3v) is 6.48. The molecule has 2 aromatic heterocycles. The Morgan fingerprint density at radius 2 is 2.20 bits per heavy atom. The molecule has 0 fully saturated rings. The highest BCUT2D eigenvalue weighted by molar-refractivity contribution is 7.88. The second-order valence-corrected chi connectivity index (χ2v) is 9.34. The Hall–Kier alpha value is -1.78. The van der Waals surface area contributed by atoms with Crippen LogP contribution in [0.2, 0.25) is 0 Å². The van der Waals surface area contributed by atoms with Gasteiger partial charge in [-0.3, -0.25) is 9.48 Å². The number of nitrogens with one attached hydrogen (secondary N) is 1. The zero-order valence-corrected chi connectivity index (χ0v) is 16.0. The molecule has 1 unspecified atom stereocenters. The van der Waals surface area contributed by atoms with Crippen molar-refractivity contribution in [1.82, 2.24) is 24.4 Å². The van der Waals surface area contributed by atoms with Crippen LogP contribution in [0.1, 0.15) is 27.2 Å². The number of aryl methyl sites for hydroxylation is 2. The van der Waals surface area contributed by atoms with Crippen LogP contribution in [-0.4, -0.2) is 52.7 Å². The van der Waals surface area contributed by atoms with Gasteiger partial charge in [0.15, 0.2) is 0 Å². The summed E-state index contributed by atoms with van der Waals surface area (Å²) in [5.41, 5.74) is 1.56. The Morgan fingerprint density at radius 3 is 2.84 bits per heavy atom. The van der Waals surface area contributed by atoms with E-state index in [0.717, 1.165) is 21.8 Å². The van der Waals surface area contributed by atoms with Gasteiger partial charge in [-0.15, -0.1) is 11.3 Å². The molecule has 1 amide bonds. The topological polar surface area (TPSA) is 97.2 Å². The maximum Gasteiger partial charge on any atom is 0.243 e. The van der Waals surface area contributed by atoms with Gasteiger partial charge in [0.05, 0.1) is 17.5 Å². The quantitative estimate of drug-likeness (QED) is 0.806. The average Bonchev–Trinajstić information content (AvgIpc) is 3.12. The van der Waals surface area contributed by atoms with Gasteiger partial charge in [0.2, 0.25) is 15.9 Å². The van der Waals surface area contributed by atoms with E-state index in [4.69, 9.17) is 0 Å². The van der Waals surface area contributed by atoms with E-state index in [0.29, 0.717) is 24.9 Å². The number of carbonyl (C=O) groups is 1. The van der Waals surface area contributed by atoms with Gasteiger partial charge >= 0.3 is 0 Å². The number of fused-ring (bicyclic) bond motifs is 1. The van der Waals surface area contributed by atoms with E-state index in [2.05, 4.69) is 15.4 Å². The molecule has 3 heterocycles. The summed E-state index contributed by atoms with van der Waals surface area (Å²) in [7, 11) is -1.70. The molecule has 25 heavy (non-hydrogen) atoms. The van der Waals surface area contributed by atoms with Crippen LogP contribution in [-0.2, 0) is 34.7 Å². The Kier molecular flexibility index (Phi) is 4.94. The molecule has 10 heteroatoms. The Morgan fingerprint density at radius 1 is 1.44 bits per heavy atom. The van der Waals surface area contributed by atoms with Crippen LogP contribution >= 0.6 is 11.3 Å². The smallest absolute Gasteiger partial charge is 0.243 e. The molecule has 0 spiro atoms. The average molecular weight is 383 g/mol. The predicted octanol–water partition coefficient (Wildman–Crippen LogP) is 0.403. The Balaban J connectivity index is 1.77. The maximum atomic E-state index is 12.8. The molecule has 1 aliphatic rings. The second-order valence-electron chi connectivity index (χ2n) is 6.08. The van der Waals surface area contributed by atoms with Gasteiger partial charge in [-0.25, -0.2) is 13.4 Å². The first-order valence-electron chi connectivity index (χ1n) is 7.94. The van der Waals surface area contributed by atoms with Gasteiger partial charge in [-0.1, -0.05) is 0 Å². The minimum atomic E-state index is -3.50. The number of rotatable bonds is 5. The van der Waals surface area contributed by atoms with E-state index in [1.807, 2.05) is 6.92 Å². The maximum absolute atomic E-state index is 12.8. The Bertz CT molecular complexity index is 887. The molecule has 1 N–H and O–H groups in total. The fourth-order valence-electron chi connectivity index (χ4n) is 3.07. The number of sulfonamides is 1. The van der Waals surface area contributed by atoms with Crippen molar-refractivity contribution in [1.29, 1.82) is 0 Å². The fraction of sp³-hybridized carbons (Fsp3) is 0.533. The molecule has 136 valence electrons. The SMILES string of the molecule is Cc1ncc(CCNC(=O)C2c3cnn(C)c3CCN2S(C)(=O)=O)s1. The van der Waals surface area contributed by atoms with E-state index in [1.54, 1.807) is 35.5 Å². The minimum absolute atomic E-state index is 0.275. The molecule has 0 saturated heterocycles. The highest BCUT2D eigenvalue weighted by atomic mass is 32.2. The van der Waals surface area contributed by atoms with Crippen LogP contribution in [0.25, 0.3) is 0 Å². The molecule has 2 aromatic rings. The van der Waals surface area contributed by atoms with Gasteiger partial charge in [-0.2, -0.15) is 9.40 Å². The first-order chi connectivity index (χ1) is 11.8. The third-order valence-electron chi connectivity index (χ3n) is 4.26. The van der Waals surface area contributed by atoms with Crippen molar-refractivity contribution in [3.63, 3.8) is 0 Å². The van der Waals surface area contributed by atoms with Crippen molar-refractivity contribution in [2.75, 3.05) is 19.3 Å². The van der Waals surface area contributed by atoms with Crippen molar-refractivity contribution in [3.8, 4) is 0 Å². The lowest BCUT2D eigenvalue weighted by Gasteiger charge is -2.32. The summed E-state index contributed by atoms with van der Waals surface area (Å²) < 4.78 is 27.2. The molecule has 0 aliphatic carbocycles. The zero-order valence-electron chi connectivity index (χ0n) is 14.4. The molecule has 3 rings (SSSR count). The number of nitrogens with zero attached hydrogens (tertiary/aromatic N) is 4. The number of carbonyl (C=O) groups excluding carboxylic acids is 1. The van der Waals surface area contributed by atoms with E-state index < -0.39 is 16.1 Å². The second kappa shape index (κ2) is 6.85. The Labute approximate surface area is 150 Å². The van der Waals surface area contributed by atoms with E-state index >= 15 is 0 Å². The van der Waals surface area contributed by atoms with E-state index in [1.165, 1.54) is 4.31 Å². The fourth-order valence-corrected chi connectivity index (χ4v) is 4.88. The molecular weight excluding hydrogens is 362 g/mol. The van der Waals surface area contributed by atoms with Crippen molar-refractivity contribution in [3.05, 3.63) is 33.5 Å². The largest absolute Gasteiger partial charge is 0.354 e. The first kappa shape index (κ1) is 18.0. The lowest BCUT2D eigenvalue weighted by molar-refractivity contribution is -0.125. The van der Waals surface area contributed by atoms with Crippen molar-refractivity contribution in [2.45, 2.75) is 25.8 Å².